The Labute approximate surface area is 92.6 Å². The average Bonchev–Trinajstić information content (AvgIpc) is 2.01. The maximum atomic E-state index is 9.03. The smallest absolute Gasteiger partial charge is 0.0616 e. The van der Waals surface area contributed by atoms with Crippen molar-refractivity contribution in [2.45, 2.75) is 52.2 Å². The molecule has 0 aromatic rings. The highest BCUT2D eigenvalue weighted by molar-refractivity contribution is 4.67. The molecular formula is C11H26O4. The van der Waals surface area contributed by atoms with Crippen molar-refractivity contribution in [3.63, 3.8) is 0 Å². The molecule has 0 spiro atoms. The zero-order valence-electron chi connectivity index (χ0n) is 10.3. The van der Waals surface area contributed by atoms with E-state index in [4.69, 9.17) is 20.4 Å². The van der Waals surface area contributed by atoms with Gasteiger partial charge in [-0.3, -0.25) is 0 Å². The van der Waals surface area contributed by atoms with Crippen molar-refractivity contribution in [3.8, 4) is 0 Å². The highest BCUT2D eigenvalue weighted by atomic mass is 16.3. The zero-order chi connectivity index (χ0) is 12.5. The Morgan fingerprint density at radius 2 is 1.60 bits per heavy atom. The predicted octanol–water partition coefficient (Wildman–Crippen LogP) is 0.525. The Balaban J connectivity index is 0. The zero-order valence-corrected chi connectivity index (χ0v) is 10.3. The van der Waals surface area contributed by atoms with Crippen molar-refractivity contribution in [1.29, 1.82) is 0 Å². The van der Waals surface area contributed by atoms with Crippen LogP contribution < -0.4 is 0 Å². The topological polar surface area (TPSA) is 80.9 Å². The highest BCUT2D eigenvalue weighted by Crippen LogP contribution is 2.09. The summed E-state index contributed by atoms with van der Waals surface area (Å²) in [7, 11) is 0. The maximum absolute atomic E-state index is 9.03. The standard InChI is InChI=1S/C6H14O2.C5H12O2/c1-5(7)4-6(2,3)8;1-5(4-7)2-3-6/h5,7-8H,4H2,1-3H3;5-7H,2-4H2,1H3. The third-order valence-corrected chi connectivity index (χ3v) is 1.73. The molecule has 4 N–H and O–H groups in total. The van der Waals surface area contributed by atoms with Crippen LogP contribution in [0.5, 0.6) is 0 Å². The molecule has 4 nitrogen and oxygen atoms in total. The molecule has 94 valence electrons. The maximum Gasteiger partial charge on any atom is 0.0616 e. The van der Waals surface area contributed by atoms with Crippen LogP contribution in [0.15, 0.2) is 0 Å². The Kier molecular flexibility index (Phi) is 10.5. The second-order valence-electron chi connectivity index (χ2n) is 4.67. The van der Waals surface area contributed by atoms with Gasteiger partial charge in [0.2, 0.25) is 0 Å². The number of aliphatic hydroxyl groups is 4. The molecule has 0 aromatic carbocycles. The van der Waals surface area contributed by atoms with Crippen LogP contribution in [0.2, 0.25) is 0 Å². The lowest BCUT2D eigenvalue weighted by Crippen LogP contribution is -2.24. The Morgan fingerprint density at radius 3 is 1.67 bits per heavy atom. The first kappa shape index (κ1) is 17.2. The van der Waals surface area contributed by atoms with Gasteiger partial charge in [-0.05, 0) is 33.1 Å². The molecule has 0 radical (unpaired) electrons. The number of hydrogen-bond donors (Lipinski definition) is 4. The van der Waals surface area contributed by atoms with Crippen LogP contribution >= 0.6 is 0 Å². The third kappa shape index (κ3) is 20.0. The van der Waals surface area contributed by atoms with Crippen LogP contribution in [-0.4, -0.2) is 45.3 Å². The minimum Gasteiger partial charge on any atom is -0.396 e. The molecular weight excluding hydrogens is 196 g/mol. The van der Waals surface area contributed by atoms with Crippen LogP contribution in [0, 0.1) is 5.92 Å². The molecule has 2 unspecified atom stereocenters. The van der Waals surface area contributed by atoms with Gasteiger partial charge in [0.25, 0.3) is 0 Å². The molecule has 0 saturated carbocycles. The second kappa shape index (κ2) is 9.09. The van der Waals surface area contributed by atoms with E-state index >= 15 is 0 Å². The van der Waals surface area contributed by atoms with Crippen molar-refractivity contribution >= 4 is 0 Å². The van der Waals surface area contributed by atoms with Crippen LogP contribution in [0.4, 0.5) is 0 Å². The lowest BCUT2D eigenvalue weighted by atomic mass is 10.0. The van der Waals surface area contributed by atoms with Gasteiger partial charge in [0.15, 0.2) is 0 Å². The van der Waals surface area contributed by atoms with Crippen molar-refractivity contribution < 1.29 is 20.4 Å². The summed E-state index contributed by atoms with van der Waals surface area (Å²) in [4.78, 5) is 0. The van der Waals surface area contributed by atoms with Crippen molar-refractivity contribution in [2.24, 2.45) is 5.92 Å². The molecule has 0 aliphatic heterocycles. The summed E-state index contributed by atoms with van der Waals surface area (Å²) in [5, 5.41) is 34.4. The number of aliphatic hydroxyl groups excluding tert-OH is 3. The van der Waals surface area contributed by atoms with Gasteiger partial charge in [-0.2, -0.15) is 0 Å². The van der Waals surface area contributed by atoms with Gasteiger partial charge < -0.3 is 20.4 Å². The summed E-state index contributed by atoms with van der Waals surface area (Å²) in [6.07, 6.45) is 0.735. The van der Waals surface area contributed by atoms with E-state index in [0.717, 1.165) is 0 Å². The van der Waals surface area contributed by atoms with Gasteiger partial charge in [0, 0.05) is 19.6 Å². The van der Waals surface area contributed by atoms with E-state index in [9.17, 15) is 0 Å². The summed E-state index contributed by atoms with van der Waals surface area (Å²) >= 11 is 0. The van der Waals surface area contributed by atoms with E-state index in [1.54, 1.807) is 20.8 Å². The summed E-state index contributed by atoms with van der Waals surface area (Å²) in [5.74, 6) is 0.255. The van der Waals surface area contributed by atoms with E-state index in [0.29, 0.717) is 12.8 Å². The van der Waals surface area contributed by atoms with Gasteiger partial charge in [0.1, 0.15) is 0 Å². The normalized spacial score (nSPS) is 15.2. The number of rotatable bonds is 5. The molecule has 0 aliphatic rings. The molecule has 0 aliphatic carbocycles. The lowest BCUT2D eigenvalue weighted by molar-refractivity contribution is 0.0249. The molecule has 0 aromatic heterocycles. The summed E-state index contributed by atoms with van der Waals surface area (Å²) in [6, 6.07) is 0. The van der Waals surface area contributed by atoms with E-state index in [2.05, 4.69) is 0 Å². The molecule has 0 heterocycles. The highest BCUT2D eigenvalue weighted by Gasteiger charge is 2.14. The van der Waals surface area contributed by atoms with E-state index in [1.807, 2.05) is 6.92 Å². The van der Waals surface area contributed by atoms with Crippen molar-refractivity contribution in [3.05, 3.63) is 0 Å². The first-order valence-electron chi connectivity index (χ1n) is 5.35. The van der Waals surface area contributed by atoms with Gasteiger partial charge in [-0.1, -0.05) is 6.92 Å². The molecule has 0 fully saturated rings. The Bertz CT molecular complexity index is 129. The third-order valence-electron chi connectivity index (χ3n) is 1.73. The fourth-order valence-corrected chi connectivity index (χ4v) is 1.03. The largest absolute Gasteiger partial charge is 0.396 e. The van der Waals surface area contributed by atoms with E-state index in [-0.39, 0.29) is 19.1 Å². The first-order valence-corrected chi connectivity index (χ1v) is 5.35. The van der Waals surface area contributed by atoms with Crippen LogP contribution in [0.1, 0.15) is 40.5 Å². The molecule has 0 amide bonds. The average molecular weight is 222 g/mol. The molecule has 2 atom stereocenters. The fraction of sp³-hybridized carbons (Fsp3) is 1.00. The van der Waals surface area contributed by atoms with Gasteiger partial charge >= 0.3 is 0 Å². The lowest BCUT2D eigenvalue weighted by Gasteiger charge is -2.17. The summed E-state index contributed by atoms with van der Waals surface area (Å²) in [6.45, 7) is 7.29. The minimum absolute atomic E-state index is 0.181. The Morgan fingerprint density at radius 1 is 1.13 bits per heavy atom. The molecule has 4 heteroatoms. The summed E-state index contributed by atoms with van der Waals surface area (Å²) < 4.78 is 0. The first-order chi connectivity index (χ1) is 6.72. The fourth-order valence-electron chi connectivity index (χ4n) is 1.03. The van der Waals surface area contributed by atoms with Crippen LogP contribution in [0.3, 0.4) is 0 Å². The molecule has 0 bridgehead atoms. The monoisotopic (exact) mass is 222 g/mol. The summed E-state index contributed by atoms with van der Waals surface area (Å²) in [5.41, 5.74) is -0.728. The minimum atomic E-state index is -0.728. The molecule has 0 saturated heterocycles. The van der Waals surface area contributed by atoms with Crippen molar-refractivity contribution in [2.75, 3.05) is 13.2 Å². The molecule has 15 heavy (non-hydrogen) atoms. The van der Waals surface area contributed by atoms with Gasteiger partial charge in [0.05, 0.1) is 11.7 Å². The number of hydrogen-bond acceptors (Lipinski definition) is 4. The predicted molar refractivity (Wildman–Crippen MR) is 60.5 cm³/mol. The quantitative estimate of drug-likeness (QED) is 0.547. The van der Waals surface area contributed by atoms with Crippen molar-refractivity contribution in [1.82, 2.24) is 0 Å². The second-order valence-corrected chi connectivity index (χ2v) is 4.67. The SMILES string of the molecule is CC(CO)CCO.CC(O)CC(C)(C)O. The Hall–Kier alpha value is -0.160. The molecule has 0 rings (SSSR count). The van der Waals surface area contributed by atoms with Gasteiger partial charge in [-0.25, -0.2) is 0 Å². The van der Waals surface area contributed by atoms with Gasteiger partial charge in [-0.15, -0.1) is 0 Å². The van der Waals surface area contributed by atoms with E-state index in [1.165, 1.54) is 0 Å². The van der Waals surface area contributed by atoms with Crippen LogP contribution in [-0.2, 0) is 0 Å². The van der Waals surface area contributed by atoms with E-state index < -0.39 is 11.7 Å². The van der Waals surface area contributed by atoms with Crippen LogP contribution in [0.25, 0.3) is 0 Å².